The van der Waals surface area contributed by atoms with E-state index in [2.05, 4.69) is 18.1 Å². The van der Waals surface area contributed by atoms with E-state index in [0.717, 1.165) is 13.1 Å². The molecule has 2 bridgehead atoms. The molecule has 10 nitrogen and oxygen atoms in total. The normalized spacial score (nSPS) is 33.2. The van der Waals surface area contributed by atoms with Gasteiger partial charge in [0.25, 0.3) is 0 Å². The van der Waals surface area contributed by atoms with Crippen molar-refractivity contribution >= 4 is 17.7 Å². The number of carbonyl (C=O) groups is 3. The predicted octanol–water partition coefficient (Wildman–Crippen LogP) is 0.513. The van der Waals surface area contributed by atoms with E-state index in [4.69, 9.17) is 9.47 Å². The van der Waals surface area contributed by atoms with Crippen molar-refractivity contribution in [2.75, 3.05) is 66.1 Å². The van der Waals surface area contributed by atoms with Gasteiger partial charge >= 0.3 is 0 Å². The maximum atomic E-state index is 14.4. The Morgan fingerprint density at radius 1 is 1.18 bits per heavy atom. The number of aliphatic hydroxyl groups is 1. The van der Waals surface area contributed by atoms with Crippen LogP contribution in [0.4, 0.5) is 0 Å². The number of hydrogen-bond acceptors (Lipinski definition) is 7. The number of nitrogens with zero attached hydrogens (tertiary/aromatic N) is 4. The fourth-order valence-electron chi connectivity index (χ4n) is 7.10. The van der Waals surface area contributed by atoms with Crippen molar-refractivity contribution < 1.29 is 29.0 Å². The third kappa shape index (κ3) is 4.59. The molecule has 4 rings (SSSR count). The van der Waals surface area contributed by atoms with Gasteiger partial charge in [0.1, 0.15) is 11.6 Å². The maximum absolute atomic E-state index is 14.4. The standard InChI is InChI=1S/C28H44N4O6/c1-6-11-29(5)24(34)21-22-25(35)32(20(4)19-33)23(28(22)10-9-27(21,8-3)38-28)26(36)31(12-7-2)14-13-30-15-17-37-18-16-30/h6-7,20-23,33H,1-2,8-19H2,3-5H3/t20-,21+,22+,23?,27-,28?/m1/s1. The summed E-state index contributed by atoms with van der Waals surface area (Å²) in [5.41, 5.74) is -1.90. The molecule has 4 heterocycles. The SMILES string of the molecule is C=CCN(C)C(=O)[C@@H]1[C@H]2C(=O)N([C@H](C)CO)C(C(=O)N(CC=C)CCN3CCOCC3)C23CC[C@@]1(CC)O3. The second-order valence-corrected chi connectivity index (χ2v) is 11.1. The largest absolute Gasteiger partial charge is 0.394 e. The lowest BCUT2D eigenvalue weighted by Crippen LogP contribution is -2.59. The molecule has 10 heteroatoms. The fourth-order valence-corrected chi connectivity index (χ4v) is 7.10. The molecule has 0 aromatic rings. The van der Waals surface area contributed by atoms with Gasteiger partial charge in [-0.2, -0.15) is 0 Å². The van der Waals surface area contributed by atoms with Gasteiger partial charge in [-0.1, -0.05) is 19.1 Å². The number of likely N-dealkylation sites (tertiary alicyclic amines) is 1. The van der Waals surface area contributed by atoms with E-state index in [0.29, 0.717) is 58.7 Å². The first kappa shape index (κ1) is 28.7. The topological polar surface area (TPSA) is 103 Å². The number of hydrogen-bond donors (Lipinski definition) is 1. The smallest absolute Gasteiger partial charge is 0.248 e. The number of amides is 3. The summed E-state index contributed by atoms with van der Waals surface area (Å²) < 4.78 is 12.3. The van der Waals surface area contributed by atoms with Gasteiger partial charge in [0, 0.05) is 46.3 Å². The highest BCUT2D eigenvalue weighted by Gasteiger charge is 2.79. The summed E-state index contributed by atoms with van der Waals surface area (Å²) >= 11 is 0. The van der Waals surface area contributed by atoms with E-state index in [9.17, 15) is 19.5 Å². The second kappa shape index (κ2) is 11.5. The van der Waals surface area contributed by atoms with Gasteiger partial charge in [0.15, 0.2) is 0 Å². The Balaban J connectivity index is 1.70. The minimum atomic E-state index is -1.11. The van der Waals surface area contributed by atoms with Crippen molar-refractivity contribution in [2.45, 2.75) is 56.4 Å². The first-order chi connectivity index (χ1) is 18.2. The lowest BCUT2D eigenvalue weighted by molar-refractivity contribution is -0.157. The van der Waals surface area contributed by atoms with Crippen LogP contribution in [0.1, 0.15) is 33.1 Å². The van der Waals surface area contributed by atoms with Crippen LogP contribution >= 0.6 is 0 Å². The van der Waals surface area contributed by atoms with Crippen LogP contribution in [0, 0.1) is 11.8 Å². The van der Waals surface area contributed by atoms with E-state index in [1.54, 1.807) is 35.9 Å². The van der Waals surface area contributed by atoms with Crippen molar-refractivity contribution in [3.05, 3.63) is 25.3 Å². The van der Waals surface area contributed by atoms with Crippen LogP contribution in [0.5, 0.6) is 0 Å². The average Bonchev–Trinajstić information content (AvgIpc) is 3.54. The Morgan fingerprint density at radius 2 is 1.87 bits per heavy atom. The van der Waals surface area contributed by atoms with Gasteiger partial charge in [0.05, 0.1) is 43.3 Å². The van der Waals surface area contributed by atoms with Crippen molar-refractivity contribution in [1.29, 1.82) is 0 Å². The minimum absolute atomic E-state index is 0.161. The molecular formula is C28H44N4O6. The molecule has 0 saturated carbocycles. The monoisotopic (exact) mass is 532 g/mol. The van der Waals surface area contributed by atoms with E-state index in [1.807, 2.05) is 6.92 Å². The zero-order valence-electron chi connectivity index (χ0n) is 23.1. The summed E-state index contributed by atoms with van der Waals surface area (Å²) in [5, 5.41) is 10.1. The molecule has 3 amide bonds. The minimum Gasteiger partial charge on any atom is -0.394 e. The highest BCUT2D eigenvalue weighted by atomic mass is 16.5. The summed E-state index contributed by atoms with van der Waals surface area (Å²) in [7, 11) is 1.71. The third-order valence-corrected chi connectivity index (χ3v) is 9.09. The van der Waals surface area contributed by atoms with Crippen LogP contribution in [0.3, 0.4) is 0 Å². The maximum Gasteiger partial charge on any atom is 0.248 e. The van der Waals surface area contributed by atoms with Crippen LogP contribution < -0.4 is 0 Å². The zero-order chi connectivity index (χ0) is 27.7. The highest BCUT2D eigenvalue weighted by molar-refractivity contribution is 5.99. The number of fused-ring (bicyclic) bond motifs is 1. The lowest BCUT2D eigenvalue weighted by Gasteiger charge is -2.39. The highest BCUT2D eigenvalue weighted by Crippen LogP contribution is 2.64. The zero-order valence-corrected chi connectivity index (χ0v) is 23.1. The van der Waals surface area contributed by atoms with Gasteiger partial charge in [0.2, 0.25) is 17.7 Å². The summed E-state index contributed by atoms with van der Waals surface area (Å²) in [6, 6.07) is -1.51. The van der Waals surface area contributed by atoms with E-state index < -0.39 is 35.1 Å². The van der Waals surface area contributed by atoms with Crippen molar-refractivity contribution in [2.24, 2.45) is 11.8 Å². The van der Waals surface area contributed by atoms with E-state index in [-0.39, 0.29) is 24.3 Å². The summed E-state index contributed by atoms with van der Waals surface area (Å²) in [5.74, 6) is -2.12. The van der Waals surface area contributed by atoms with Crippen molar-refractivity contribution in [1.82, 2.24) is 19.6 Å². The van der Waals surface area contributed by atoms with E-state index in [1.165, 1.54) is 4.90 Å². The summed E-state index contributed by atoms with van der Waals surface area (Å²) in [6.45, 7) is 15.8. The Kier molecular flexibility index (Phi) is 8.66. The number of ether oxygens (including phenoxy) is 2. The Hall–Kier alpha value is -2.27. The van der Waals surface area contributed by atoms with Crippen molar-refractivity contribution in [3.8, 4) is 0 Å². The molecule has 0 aromatic carbocycles. The predicted molar refractivity (Wildman–Crippen MR) is 142 cm³/mol. The molecule has 4 fully saturated rings. The second-order valence-electron chi connectivity index (χ2n) is 11.1. The Labute approximate surface area is 226 Å². The summed E-state index contributed by atoms with van der Waals surface area (Å²) in [4.78, 5) is 49.4. The number of carbonyl (C=O) groups excluding carboxylic acids is 3. The molecule has 212 valence electrons. The van der Waals surface area contributed by atoms with Gasteiger partial charge in [-0.15, -0.1) is 13.2 Å². The van der Waals surface area contributed by atoms with Gasteiger partial charge < -0.3 is 29.3 Å². The average molecular weight is 533 g/mol. The quantitative estimate of drug-likeness (QED) is 0.366. The van der Waals surface area contributed by atoms with Crippen LogP contribution in [0.2, 0.25) is 0 Å². The third-order valence-electron chi connectivity index (χ3n) is 9.09. The summed E-state index contributed by atoms with van der Waals surface area (Å²) in [6.07, 6.45) is 5.04. The fraction of sp³-hybridized carbons (Fsp3) is 0.750. The molecule has 6 atom stereocenters. The molecule has 0 aliphatic carbocycles. The molecule has 0 radical (unpaired) electrons. The molecular weight excluding hydrogens is 488 g/mol. The molecule has 1 spiro atoms. The van der Waals surface area contributed by atoms with Crippen LogP contribution in [0.15, 0.2) is 25.3 Å². The van der Waals surface area contributed by atoms with Gasteiger partial charge in [-0.3, -0.25) is 19.3 Å². The molecule has 4 aliphatic rings. The van der Waals surface area contributed by atoms with Crippen LogP contribution in [-0.2, 0) is 23.9 Å². The Bertz CT molecular complexity index is 938. The van der Waals surface area contributed by atoms with E-state index >= 15 is 0 Å². The Morgan fingerprint density at radius 3 is 2.47 bits per heavy atom. The first-order valence-corrected chi connectivity index (χ1v) is 13.9. The molecule has 4 saturated heterocycles. The molecule has 1 N–H and O–H groups in total. The van der Waals surface area contributed by atoms with Gasteiger partial charge in [-0.05, 0) is 26.2 Å². The molecule has 38 heavy (non-hydrogen) atoms. The lowest BCUT2D eigenvalue weighted by atomic mass is 9.64. The number of rotatable bonds is 12. The molecule has 4 aliphatic heterocycles. The molecule has 2 unspecified atom stereocenters. The first-order valence-electron chi connectivity index (χ1n) is 13.9. The van der Waals surface area contributed by atoms with Crippen LogP contribution in [-0.4, -0.2) is 132 Å². The molecule has 0 aromatic heterocycles. The van der Waals surface area contributed by atoms with Crippen LogP contribution in [0.25, 0.3) is 0 Å². The number of morpholine rings is 1. The van der Waals surface area contributed by atoms with Crippen molar-refractivity contribution in [3.63, 3.8) is 0 Å². The number of likely N-dealkylation sites (N-methyl/N-ethyl adjacent to an activating group) is 1. The van der Waals surface area contributed by atoms with Gasteiger partial charge in [-0.25, -0.2) is 0 Å². The number of aliphatic hydroxyl groups excluding tert-OH is 1.